The predicted octanol–water partition coefficient (Wildman–Crippen LogP) is 2.14. The van der Waals surface area contributed by atoms with Gasteiger partial charge in [-0.3, -0.25) is 0 Å². The van der Waals surface area contributed by atoms with Crippen LogP contribution >= 0.6 is 0 Å². The van der Waals surface area contributed by atoms with Crippen molar-refractivity contribution in [3.05, 3.63) is 23.9 Å². The van der Waals surface area contributed by atoms with Crippen molar-refractivity contribution in [1.82, 2.24) is 4.90 Å². The third kappa shape index (κ3) is 8.52. The summed E-state index contributed by atoms with van der Waals surface area (Å²) in [5.41, 5.74) is 0.597. The third-order valence-electron chi connectivity index (χ3n) is 3.25. The molecule has 1 fully saturated rings. The minimum Gasteiger partial charge on any atom is -0.460 e. The largest absolute Gasteiger partial charge is 0.460 e. The Morgan fingerprint density at radius 3 is 2.52 bits per heavy atom. The maximum atomic E-state index is 11.7. The van der Waals surface area contributed by atoms with Gasteiger partial charge in [0.05, 0.1) is 19.8 Å². The summed E-state index contributed by atoms with van der Waals surface area (Å²) in [5, 5.41) is 0. The van der Waals surface area contributed by atoms with Crippen molar-refractivity contribution in [1.29, 1.82) is 0 Å². The van der Waals surface area contributed by atoms with Crippen LogP contribution in [-0.2, 0) is 19.0 Å². The Morgan fingerprint density at radius 2 is 1.81 bits per heavy atom. The molecule has 0 aliphatic carbocycles. The summed E-state index contributed by atoms with van der Waals surface area (Å²) < 4.78 is 15.2. The molecular formula is C16H27NO4. The average molecular weight is 297 g/mol. The van der Waals surface area contributed by atoms with E-state index < -0.39 is 0 Å². The maximum absolute atomic E-state index is 11.7. The molecule has 5 nitrogen and oxygen atoms in total. The molecule has 0 amide bonds. The van der Waals surface area contributed by atoms with Crippen LogP contribution in [0.5, 0.6) is 0 Å². The molecule has 0 N–H and O–H groups in total. The fourth-order valence-corrected chi connectivity index (χ4v) is 2.00. The fraction of sp³-hybridized carbons (Fsp3) is 0.688. The molecule has 5 heteroatoms. The minimum atomic E-state index is -0.298. The van der Waals surface area contributed by atoms with Crippen LogP contribution in [0, 0.1) is 0 Å². The molecule has 0 atom stereocenters. The Balaban J connectivity index is 2.16. The van der Waals surface area contributed by atoms with E-state index in [1.807, 2.05) is 12.3 Å². The molecule has 0 aromatic heterocycles. The van der Waals surface area contributed by atoms with E-state index in [9.17, 15) is 4.79 Å². The summed E-state index contributed by atoms with van der Waals surface area (Å²) in [7, 11) is 1.62. The second-order valence-electron chi connectivity index (χ2n) is 5.03. The zero-order valence-corrected chi connectivity index (χ0v) is 13.2. The molecule has 0 saturated carbocycles. The van der Waals surface area contributed by atoms with Gasteiger partial charge in [-0.25, -0.2) is 4.79 Å². The highest BCUT2D eigenvalue weighted by atomic mass is 16.6. The molecule has 1 heterocycles. The highest BCUT2D eigenvalue weighted by molar-refractivity contribution is 5.88. The Kier molecular flexibility index (Phi) is 9.57. The quantitative estimate of drug-likeness (QED) is 0.282. The van der Waals surface area contributed by atoms with Crippen molar-refractivity contribution in [2.24, 2.45) is 0 Å². The van der Waals surface area contributed by atoms with Crippen LogP contribution in [0.3, 0.4) is 0 Å². The van der Waals surface area contributed by atoms with E-state index in [1.165, 1.54) is 19.3 Å². The topological polar surface area (TPSA) is 48.0 Å². The first-order valence-corrected chi connectivity index (χ1v) is 7.57. The van der Waals surface area contributed by atoms with Crippen LogP contribution in [0.2, 0.25) is 0 Å². The van der Waals surface area contributed by atoms with Crippen molar-refractivity contribution >= 4 is 5.97 Å². The summed E-state index contributed by atoms with van der Waals surface area (Å²) in [6.45, 7) is 5.69. The van der Waals surface area contributed by atoms with Gasteiger partial charge >= 0.3 is 5.97 Å². The SMILES string of the molecule is COCCOCCOC(=O)/C(C)=C/C=C/N1CCCCC1. The van der Waals surface area contributed by atoms with Gasteiger partial charge in [0.1, 0.15) is 6.61 Å². The summed E-state index contributed by atoms with van der Waals surface area (Å²) in [6.07, 6.45) is 9.57. The third-order valence-corrected chi connectivity index (χ3v) is 3.25. The van der Waals surface area contributed by atoms with E-state index in [0.29, 0.717) is 25.4 Å². The molecule has 1 aliphatic heterocycles. The number of nitrogens with zero attached hydrogens (tertiary/aromatic N) is 1. The van der Waals surface area contributed by atoms with Gasteiger partial charge < -0.3 is 19.1 Å². The van der Waals surface area contributed by atoms with Crippen molar-refractivity contribution in [3.63, 3.8) is 0 Å². The maximum Gasteiger partial charge on any atom is 0.333 e. The van der Waals surface area contributed by atoms with E-state index in [4.69, 9.17) is 14.2 Å². The van der Waals surface area contributed by atoms with Gasteiger partial charge in [-0.15, -0.1) is 0 Å². The number of carbonyl (C=O) groups is 1. The molecule has 0 aromatic rings. The Labute approximate surface area is 127 Å². The van der Waals surface area contributed by atoms with Gasteiger partial charge in [0, 0.05) is 25.8 Å². The van der Waals surface area contributed by atoms with Gasteiger partial charge in [-0.1, -0.05) is 6.08 Å². The molecule has 0 radical (unpaired) electrons. The first-order chi connectivity index (χ1) is 10.2. The number of carbonyl (C=O) groups excluding carboxylic acids is 1. The number of methoxy groups -OCH3 is 1. The first kappa shape index (κ1) is 17.7. The number of esters is 1. The summed E-state index contributed by atoms with van der Waals surface area (Å²) in [5.74, 6) is -0.298. The van der Waals surface area contributed by atoms with Crippen LogP contribution in [0.15, 0.2) is 23.9 Å². The van der Waals surface area contributed by atoms with Gasteiger partial charge in [-0.2, -0.15) is 0 Å². The minimum absolute atomic E-state index is 0.267. The highest BCUT2D eigenvalue weighted by Crippen LogP contribution is 2.08. The molecule has 0 unspecified atom stereocenters. The molecule has 1 aliphatic rings. The lowest BCUT2D eigenvalue weighted by Gasteiger charge is -2.24. The number of ether oxygens (including phenoxy) is 3. The number of hydrogen-bond donors (Lipinski definition) is 0. The van der Waals surface area contributed by atoms with Crippen LogP contribution in [0.4, 0.5) is 0 Å². The van der Waals surface area contributed by atoms with Crippen LogP contribution in [0.25, 0.3) is 0 Å². The van der Waals surface area contributed by atoms with E-state index in [-0.39, 0.29) is 12.6 Å². The lowest BCUT2D eigenvalue weighted by molar-refractivity contribution is -0.140. The number of likely N-dealkylation sites (tertiary alicyclic amines) is 1. The molecule has 1 saturated heterocycles. The van der Waals surface area contributed by atoms with Crippen molar-refractivity contribution in [3.8, 4) is 0 Å². The number of allylic oxidation sites excluding steroid dienone is 2. The molecule has 0 aromatic carbocycles. The van der Waals surface area contributed by atoms with E-state index in [0.717, 1.165) is 13.1 Å². The van der Waals surface area contributed by atoms with Crippen LogP contribution in [0.1, 0.15) is 26.2 Å². The second-order valence-corrected chi connectivity index (χ2v) is 5.03. The monoisotopic (exact) mass is 297 g/mol. The Bertz CT molecular complexity index is 346. The van der Waals surface area contributed by atoms with Crippen LogP contribution < -0.4 is 0 Å². The standard InChI is InChI=1S/C16H27NO4/c1-15(7-6-10-17-8-4-3-5-9-17)16(18)21-14-13-20-12-11-19-2/h6-7,10H,3-5,8-9,11-14H2,1-2H3/b10-6+,15-7+. The van der Waals surface area contributed by atoms with Crippen molar-refractivity contribution in [2.75, 3.05) is 46.6 Å². The summed E-state index contributed by atoms with van der Waals surface area (Å²) >= 11 is 0. The zero-order valence-electron chi connectivity index (χ0n) is 13.2. The van der Waals surface area contributed by atoms with Gasteiger partial charge in [0.25, 0.3) is 0 Å². The average Bonchev–Trinajstić information content (AvgIpc) is 2.51. The second kappa shape index (κ2) is 11.3. The number of piperidine rings is 1. The fourth-order valence-electron chi connectivity index (χ4n) is 2.00. The van der Waals surface area contributed by atoms with Gasteiger partial charge in [-0.05, 0) is 38.5 Å². The lowest BCUT2D eigenvalue weighted by atomic mass is 10.1. The van der Waals surface area contributed by atoms with E-state index in [1.54, 1.807) is 20.1 Å². The Morgan fingerprint density at radius 1 is 1.10 bits per heavy atom. The van der Waals surface area contributed by atoms with E-state index >= 15 is 0 Å². The first-order valence-electron chi connectivity index (χ1n) is 7.57. The molecule has 0 bridgehead atoms. The molecule has 21 heavy (non-hydrogen) atoms. The molecule has 120 valence electrons. The predicted molar refractivity (Wildman–Crippen MR) is 82.0 cm³/mol. The lowest BCUT2D eigenvalue weighted by Crippen LogP contribution is -2.23. The van der Waals surface area contributed by atoms with Gasteiger partial charge in [0.15, 0.2) is 0 Å². The number of rotatable bonds is 9. The van der Waals surface area contributed by atoms with Crippen molar-refractivity contribution in [2.45, 2.75) is 26.2 Å². The highest BCUT2D eigenvalue weighted by Gasteiger charge is 2.06. The smallest absolute Gasteiger partial charge is 0.333 e. The number of hydrogen-bond acceptors (Lipinski definition) is 5. The molecular weight excluding hydrogens is 270 g/mol. The summed E-state index contributed by atoms with van der Waals surface area (Å²) in [4.78, 5) is 14.0. The normalized spacial score (nSPS) is 16.5. The Hall–Kier alpha value is -1.33. The summed E-state index contributed by atoms with van der Waals surface area (Å²) in [6, 6.07) is 0. The molecule has 0 spiro atoms. The van der Waals surface area contributed by atoms with Crippen molar-refractivity contribution < 1.29 is 19.0 Å². The van der Waals surface area contributed by atoms with Gasteiger partial charge in [0.2, 0.25) is 0 Å². The zero-order chi connectivity index (χ0) is 15.3. The van der Waals surface area contributed by atoms with Crippen LogP contribution in [-0.4, -0.2) is 57.5 Å². The van der Waals surface area contributed by atoms with E-state index in [2.05, 4.69) is 4.90 Å². The molecule has 1 rings (SSSR count).